The van der Waals surface area contributed by atoms with Crippen molar-refractivity contribution in [3.8, 4) is 0 Å². The minimum Gasteiger partial charge on any atom is -0.368 e. The number of nitrogens with two attached hydrogens (primary N) is 1. The molecular formula is C15H20N6O2S. The van der Waals surface area contributed by atoms with Crippen LogP contribution in [0.4, 0.5) is 17.6 Å². The van der Waals surface area contributed by atoms with Crippen molar-refractivity contribution >= 4 is 27.4 Å². The van der Waals surface area contributed by atoms with Gasteiger partial charge in [0, 0.05) is 11.7 Å². The minimum absolute atomic E-state index is 0.0893. The highest BCUT2D eigenvalue weighted by atomic mass is 32.2. The van der Waals surface area contributed by atoms with E-state index >= 15 is 0 Å². The van der Waals surface area contributed by atoms with E-state index in [2.05, 4.69) is 25.6 Å². The van der Waals surface area contributed by atoms with Gasteiger partial charge in [0.25, 0.3) is 0 Å². The molecule has 24 heavy (non-hydrogen) atoms. The molecule has 1 aliphatic heterocycles. The third-order valence-corrected chi connectivity index (χ3v) is 5.57. The zero-order valence-electron chi connectivity index (χ0n) is 13.3. The number of anilines is 3. The van der Waals surface area contributed by atoms with E-state index in [1.54, 1.807) is 0 Å². The van der Waals surface area contributed by atoms with E-state index in [4.69, 9.17) is 5.73 Å². The van der Waals surface area contributed by atoms with Gasteiger partial charge in [-0.25, -0.2) is 8.42 Å². The summed E-state index contributed by atoms with van der Waals surface area (Å²) >= 11 is 0. The maximum Gasteiger partial charge on any atom is 0.232 e. The van der Waals surface area contributed by atoms with Gasteiger partial charge in [0.1, 0.15) is 0 Å². The maximum atomic E-state index is 11.6. The van der Waals surface area contributed by atoms with Crippen LogP contribution in [-0.2, 0) is 9.84 Å². The summed E-state index contributed by atoms with van der Waals surface area (Å²) in [5, 5.41) is 6.33. The number of hydrogen-bond donors (Lipinski definition) is 3. The molecule has 0 amide bonds. The molecule has 3 rings (SSSR count). The SMILES string of the molecule is CC(NC1CCS(=O)(=O)C1)c1nc(N)nc(Nc2ccccc2)n1. The number of nitrogens with one attached hydrogen (secondary N) is 2. The predicted octanol–water partition coefficient (Wildman–Crippen LogP) is 1.04. The fraction of sp³-hybridized carbons (Fsp3) is 0.400. The maximum absolute atomic E-state index is 11.6. The van der Waals surface area contributed by atoms with E-state index in [1.165, 1.54) is 0 Å². The lowest BCUT2D eigenvalue weighted by molar-refractivity contribution is 0.468. The summed E-state index contributed by atoms with van der Waals surface area (Å²) < 4.78 is 23.1. The summed E-state index contributed by atoms with van der Waals surface area (Å²) in [6.07, 6.45) is 0.600. The molecule has 1 aliphatic rings. The first-order chi connectivity index (χ1) is 11.4. The van der Waals surface area contributed by atoms with E-state index in [1.807, 2.05) is 37.3 Å². The molecule has 2 unspecified atom stereocenters. The molecule has 4 N–H and O–H groups in total. The lowest BCUT2D eigenvalue weighted by Crippen LogP contribution is -2.33. The average Bonchev–Trinajstić information content (AvgIpc) is 2.86. The van der Waals surface area contributed by atoms with Crippen LogP contribution in [0.25, 0.3) is 0 Å². The van der Waals surface area contributed by atoms with Crippen LogP contribution >= 0.6 is 0 Å². The van der Waals surface area contributed by atoms with Gasteiger partial charge < -0.3 is 16.4 Å². The molecule has 1 aromatic carbocycles. The molecule has 2 atom stereocenters. The standard InChI is InChI=1S/C15H20N6O2S/c1-10(17-12-7-8-24(22,23)9-12)13-19-14(16)21-15(20-13)18-11-5-3-2-4-6-11/h2-6,10,12,17H,7-9H2,1H3,(H3,16,18,19,20,21). The Labute approximate surface area is 140 Å². The Morgan fingerprint density at radius 2 is 1.96 bits per heavy atom. The van der Waals surface area contributed by atoms with Gasteiger partial charge in [-0.1, -0.05) is 18.2 Å². The van der Waals surface area contributed by atoms with Crippen molar-refractivity contribution < 1.29 is 8.42 Å². The Kier molecular flexibility index (Phi) is 4.63. The minimum atomic E-state index is -2.93. The number of hydrogen-bond acceptors (Lipinski definition) is 8. The molecule has 0 radical (unpaired) electrons. The normalized spacial score (nSPS) is 20.6. The lowest BCUT2D eigenvalue weighted by Gasteiger charge is -2.18. The molecule has 0 aliphatic carbocycles. The van der Waals surface area contributed by atoms with Crippen molar-refractivity contribution in [2.75, 3.05) is 22.6 Å². The second-order valence-electron chi connectivity index (χ2n) is 5.85. The van der Waals surface area contributed by atoms with Crippen LogP contribution < -0.4 is 16.4 Å². The smallest absolute Gasteiger partial charge is 0.232 e. The molecule has 2 heterocycles. The van der Waals surface area contributed by atoms with Crippen LogP contribution in [0.2, 0.25) is 0 Å². The van der Waals surface area contributed by atoms with E-state index in [0.29, 0.717) is 18.2 Å². The van der Waals surface area contributed by atoms with Crippen LogP contribution in [-0.4, -0.2) is 40.9 Å². The Bertz CT molecular complexity index is 812. The van der Waals surface area contributed by atoms with Gasteiger partial charge in [0.05, 0.1) is 17.5 Å². The number of para-hydroxylation sites is 1. The molecule has 8 nitrogen and oxygen atoms in total. The van der Waals surface area contributed by atoms with E-state index in [0.717, 1.165) is 5.69 Å². The van der Waals surface area contributed by atoms with Crippen molar-refractivity contribution in [1.29, 1.82) is 0 Å². The molecule has 9 heteroatoms. The highest BCUT2D eigenvalue weighted by Crippen LogP contribution is 2.18. The second kappa shape index (κ2) is 6.70. The number of aromatic nitrogens is 3. The molecule has 0 saturated carbocycles. The highest BCUT2D eigenvalue weighted by Gasteiger charge is 2.29. The molecule has 1 aromatic heterocycles. The van der Waals surface area contributed by atoms with Crippen molar-refractivity contribution in [3.63, 3.8) is 0 Å². The zero-order chi connectivity index (χ0) is 17.2. The van der Waals surface area contributed by atoms with Crippen LogP contribution in [0.5, 0.6) is 0 Å². The largest absolute Gasteiger partial charge is 0.368 e. The third kappa shape index (κ3) is 4.18. The van der Waals surface area contributed by atoms with Gasteiger partial charge in [-0.15, -0.1) is 0 Å². The molecule has 1 fully saturated rings. The molecule has 1 saturated heterocycles. The quantitative estimate of drug-likeness (QED) is 0.732. The fourth-order valence-electron chi connectivity index (χ4n) is 2.66. The number of sulfone groups is 1. The van der Waals surface area contributed by atoms with Crippen molar-refractivity contribution in [2.45, 2.75) is 25.4 Å². The summed E-state index contributed by atoms with van der Waals surface area (Å²) in [7, 11) is -2.93. The number of nitrogen functional groups attached to an aromatic ring is 1. The summed E-state index contributed by atoms with van der Waals surface area (Å²) in [5.41, 5.74) is 6.62. The predicted molar refractivity (Wildman–Crippen MR) is 92.6 cm³/mol. The monoisotopic (exact) mass is 348 g/mol. The van der Waals surface area contributed by atoms with Crippen LogP contribution in [0.3, 0.4) is 0 Å². The Balaban J connectivity index is 1.73. The fourth-order valence-corrected chi connectivity index (χ4v) is 4.35. The van der Waals surface area contributed by atoms with Gasteiger partial charge in [-0.05, 0) is 25.5 Å². The second-order valence-corrected chi connectivity index (χ2v) is 8.08. The number of nitrogens with zero attached hydrogens (tertiary/aromatic N) is 3. The number of benzene rings is 1. The van der Waals surface area contributed by atoms with E-state index < -0.39 is 9.84 Å². The Hall–Kier alpha value is -2.26. The van der Waals surface area contributed by atoms with Gasteiger partial charge >= 0.3 is 0 Å². The van der Waals surface area contributed by atoms with Crippen molar-refractivity contribution in [2.24, 2.45) is 0 Å². The van der Waals surface area contributed by atoms with Crippen LogP contribution in [0, 0.1) is 0 Å². The summed E-state index contributed by atoms with van der Waals surface area (Å²) in [6, 6.07) is 9.19. The Morgan fingerprint density at radius 3 is 2.62 bits per heavy atom. The average molecular weight is 348 g/mol. The highest BCUT2D eigenvalue weighted by molar-refractivity contribution is 7.91. The van der Waals surface area contributed by atoms with Gasteiger partial charge in [-0.3, -0.25) is 0 Å². The van der Waals surface area contributed by atoms with Crippen LogP contribution in [0.1, 0.15) is 25.2 Å². The lowest BCUT2D eigenvalue weighted by atomic mass is 10.2. The molecule has 2 aromatic rings. The van der Waals surface area contributed by atoms with Crippen LogP contribution in [0.15, 0.2) is 30.3 Å². The third-order valence-electron chi connectivity index (χ3n) is 3.81. The summed E-state index contributed by atoms with van der Waals surface area (Å²) in [4.78, 5) is 12.6. The topological polar surface area (TPSA) is 123 Å². The van der Waals surface area contributed by atoms with Crippen molar-refractivity contribution in [1.82, 2.24) is 20.3 Å². The van der Waals surface area contributed by atoms with Gasteiger partial charge in [0.15, 0.2) is 15.7 Å². The summed E-state index contributed by atoms with van der Waals surface area (Å²) in [5.74, 6) is 1.32. The first kappa shape index (κ1) is 16.6. The first-order valence-electron chi connectivity index (χ1n) is 7.71. The first-order valence-corrected chi connectivity index (χ1v) is 9.53. The van der Waals surface area contributed by atoms with Crippen molar-refractivity contribution in [3.05, 3.63) is 36.2 Å². The molecule has 0 bridgehead atoms. The molecule has 128 valence electrons. The molecule has 0 spiro atoms. The summed E-state index contributed by atoms with van der Waals surface area (Å²) in [6.45, 7) is 1.88. The van der Waals surface area contributed by atoms with Gasteiger partial charge in [-0.2, -0.15) is 15.0 Å². The van der Waals surface area contributed by atoms with E-state index in [-0.39, 0.29) is 29.5 Å². The van der Waals surface area contributed by atoms with Gasteiger partial charge in [0.2, 0.25) is 11.9 Å². The zero-order valence-corrected chi connectivity index (χ0v) is 14.1. The number of rotatable bonds is 5. The molecular weight excluding hydrogens is 328 g/mol. The Morgan fingerprint density at radius 1 is 1.21 bits per heavy atom. The van der Waals surface area contributed by atoms with E-state index in [9.17, 15) is 8.42 Å².